The highest BCUT2D eigenvalue weighted by atomic mass is 16.2. The number of hydrogen-bond donors (Lipinski definition) is 1. The standard InChI is InChI=1S/C14H24N4O/c1-4-6-7-9-18(3)14(19)12-10-15-11-13(17-12)16-8-5-2/h10-11H,4-9H2,1-3H3,(H,16,17). The van der Waals surface area contributed by atoms with Crippen LogP contribution in [-0.2, 0) is 0 Å². The molecule has 1 rings (SSSR count). The van der Waals surface area contributed by atoms with E-state index in [0.717, 1.165) is 38.8 Å². The molecule has 0 radical (unpaired) electrons. The second kappa shape index (κ2) is 8.45. The van der Waals surface area contributed by atoms with Crippen molar-refractivity contribution in [3.05, 3.63) is 18.1 Å². The first-order valence-electron chi connectivity index (χ1n) is 7.00. The molecule has 0 aromatic carbocycles. The maximum atomic E-state index is 12.2. The molecule has 0 saturated heterocycles. The van der Waals surface area contributed by atoms with Crippen molar-refractivity contribution in [1.82, 2.24) is 14.9 Å². The van der Waals surface area contributed by atoms with E-state index >= 15 is 0 Å². The Labute approximate surface area is 115 Å². The van der Waals surface area contributed by atoms with E-state index in [2.05, 4.69) is 29.1 Å². The SMILES string of the molecule is CCCCCN(C)C(=O)c1cncc(NCCC)n1. The van der Waals surface area contributed by atoms with Crippen molar-refractivity contribution in [2.75, 3.05) is 25.5 Å². The van der Waals surface area contributed by atoms with Gasteiger partial charge in [0, 0.05) is 20.1 Å². The van der Waals surface area contributed by atoms with Crippen LogP contribution in [0.2, 0.25) is 0 Å². The molecule has 1 N–H and O–H groups in total. The molecular formula is C14H24N4O. The summed E-state index contributed by atoms with van der Waals surface area (Å²) >= 11 is 0. The minimum Gasteiger partial charge on any atom is -0.369 e. The molecule has 5 nitrogen and oxygen atoms in total. The van der Waals surface area contributed by atoms with Crippen LogP contribution < -0.4 is 5.32 Å². The zero-order valence-corrected chi connectivity index (χ0v) is 12.1. The molecule has 1 aromatic heterocycles. The summed E-state index contributed by atoms with van der Waals surface area (Å²) in [6, 6.07) is 0. The van der Waals surface area contributed by atoms with Crippen LogP contribution >= 0.6 is 0 Å². The normalized spacial score (nSPS) is 10.3. The van der Waals surface area contributed by atoms with Crippen LogP contribution in [-0.4, -0.2) is 40.9 Å². The second-order valence-corrected chi connectivity index (χ2v) is 4.65. The van der Waals surface area contributed by atoms with E-state index in [1.807, 2.05) is 7.05 Å². The van der Waals surface area contributed by atoms with Crippen molar-refractivity contribution in [3.63, 3.8) is 0 Å². The number of carbonyl (C=O) groups is 1. The van der Waals surface area contributed by atoms with Crippen LogP contribution in [0.3, 0.4) is 0 Å². The molecule has 1 heterocycles. The Morgan fingerprint density at radius 2 is 2.05 bits per heavy atom. The molecular weight excluding hydrogens is 240 g/mol. The number of carbonyl (C=O) groups excluding carboxylic acids is 1. The Hall–Kier alpha value is -1.65. The summed E-state index contributed by atoms with van der Waals surface area (Å²) in [4.78, 5) is 22.2. The number of nitrogens with zero attached hydrogens (tertiary/aromatic N) is 3. The van der Waals surface area contributed by atoms with Gasteiger partial charge in [-0.1, -0.05) is 26.7 Å². The van der Waals surface area contributed by atoms with Crippen molar-refractivity contribution >= 4 is 11.7 Å². The Morgan fingerprint density at radius 3 is 2.74 bits per heavy atom. The van der Waals surface area contributed by atoms with E-state index in [1.165, 1.54) is 6.20 Å². The Morgan fingerprint density at radius 1 is 1.26 bits per heavy atom. The zero-order valence-electron chi connectivity index (χ0n) is 12.1. The molecule has 1 aromatic rings. The third kappa shape index (κ3) is 5.24. The average Bonchev–Trinajstić information content (AvgIpc) is 2.44. The number of unbranched alkanes of at least 4 members (excludes halogenated alkanes) is 2. The van der Waals surface area contributed by atoms with Gasteiger partial charge in [0.1, 0.15) is 11.5 Å². The van der Waals surface area contributed by atoms with E-state index < -0.39 is 0 Å². The molecule has 0 atom stereocenters. The first kappa shape index (κ1) is 15.4. The quantitative estimate of drug-likeness (QED) is 0.733. The topological polar surface area (TPSA) is 58.1 Å². The highest BCUT2D eigenvalue weighted by Gasteiger charge is 2.13. The lowest BCUT2D eigenvalue weighted by molar-refractivity contribution is 0.0786. The van der Waals surface area contributed by atoms with Crippen molar-refractivity contribution in [1.29, 1.82) is 0 Å². The van der Waals surface area contributed by atoms with Gasteiger partial charge in [-0.25, -0.2) is 4.98 Å². The maximum Gasteiger partial charge on any atom is 0.273 e. The molecule has 0 aliphatic carbocycles. The first-order chi connectivity index (χ1) is 9.19. The average molecular weight is 264 g/mol. The molecule has 106 valence electrons. The van der Waals surface area contributed by atoms with Gasteiger partial charge < -0.3 is 10.2 Å². The predicted octanol–water partition coefficient (Wildman–Crippen LogP) is 2.56. The van der Waals surface area contributed by atoms with Crippen LogP contribution in [0.4, 0.5) is 5.82 Å². The molecule has 0 bridgehead atoms. The lowest BCUT2D eigenvalue weighted by Crippen LogP contribution is -2.28. The van der Waals surface area contributed by atoms with E-state index in [9.17, 15) is 4.79 Å². The van der Waals surface area contributed by atoms with Gasteiger partial charge in [-0.3, -0.25) is 9.78 Å². The highest BCUT2D eigenvalue weighted by Crippen LogP contribution is 2.06. The highest BCUT2D eigenvalue weighted by molar-refractivity contribution is 5.92. The monoisotopic (exact) mass is 264 g/mol. The summed E-state index contributed by atoms with van der Waals surface area (Å²) in [5.74, 6) is 0.596. The minimum atomic E-state index is -0.0660. The molecule has 1 amide bonds. The van der Waals surface area contributed by atoms with Crippen molar-refractivity contribution in [2.24, 2.45) is 0 Å². The predicted molar refractivity (Wildman–Crippen MR) is 77.3 cm³/mol. The van der Waals surface area contributed by atoms with Crippen molar-refractivity contribution < 1.29 is 4.79 Å². The van der Waals surface area contributed by atoms with Gasteiger partial charge >= 0.3 is 0 Å². The molecule has 0 unspecified atom stereocenters. The molecule has 0 fully saturated rings. The molecule has 0 spiro atoms. The molecule has 5 heteroatoms. The van der Waals surface area contributed by atoms with Gasteiger partial charge in [-0.2, -0.15) is 0 Å². The first-order valence-corrected chi connectivity index (χ1v) is 7.00. The number of nitrogens with one attached hydrogen (secondary N) is 1. The Bertz CT molecular complexity index is 395. The van der Waals surface area contributed by atoms with Crippen LogP contribution in [0.1, 0.15) is 50.0 Å². The van der Waals surface area contributed by atoms with E-state index in [1.54, 1.807) is 11.1 Å². The van der Waals surface area contributed by atoms with E-state index in [0.29, 0.717) is 11.5 Å². The van der Waals surface area contributed by atoms with E-state index in [-0.39, 0.29) is 5.91 Å². The lowest BCUT2D eigenvalue weighted by atomic mass is 10.2. The summed E-state index contributed by atoms with van der Waals surface area (Å²) in [6.45, 7) is 5.83. The van der Waals surface area contributed by atoms with Crippen LogP contribution in [0.25, 0.3) is 0 Å². The number of rotatable bonds is 8. The third-order valence-electron chi connectivity index (χ3n) is 2.85. The number of anilines is 1. The third-order valence-corrected chi connectivity index (χ3v) is 2.85. The number of hydrogen-bond acceptors (Lipinski definition) is 4. The smallest absolute Gasteiger partial charge is 0.273 e. The molecule has 0 saturated carbocycles. The number of amides is 1. The zero-order chi connectivity index (χ0) is 14.1. The Kier molecular flexibility index (Phi) is 6.85. The summed E-state index contributed by atoms with van der Waals surface area (Å²) in [5, 5.41) is 3.14. The van der Waals surface area contributed by atoms with Gasteiger partial charge in [-0.15, -0.1) is 0 Å². The fraction of sp³-hybridized carbons (Fsp3) is 0.643. The van der Waals surface area contributed by atoms with Crippen LogP contribution in [0.15, 0.2) is 12.4 Å². The minimum absolute atomic E-state index is 0.0660. The maximum absolute atomic E-state index is 12.2. The summed E-state index contributed by atoms with van der Waals surface area (Å²) in [5.41, 5.74) is 0.403. The number of aromatic nitrogens is 2. The molecule has 0 aliphatic heterocycles. The molecule has 0 aliphatic rings. The van der Waals surface area contributed by atoms with E-state index in [4.69, 9.17) is 0 Å². The van der Waals surface area contributed by atoms with Crippen molar-refractivity contribution in [2.45, 2.75) is 39.5 Å². The lowest BCUT2D eigenvalue weighted by Gasteiger charge is -2.16. The van der Waals surface area contributed by atoms with Crippen LogP contribution in [0.5, 0.6) is 0 Å². The second-order valence-electron chi connectivity index (χ2n) is 4.65. The fourth-order valence-electron chi connectivity index (χ4n) is 1.70. The molecule has 19 heavy (non-hydrogen) atoms. The largest absolute Gasteiger partial charge is 0.369 e. The summed E-state index contributed by atoms with van der Waals surface area (Å²) in [6.07, 6.45) is 7.50. The van der Waals surface area contributed by atoms with Gasteiger partial charge in [0.15, 0.2) is 0 Å². The van der Waals surface area contributed by atoms with Crippen molar-refractivity contribution in [3.8, 4) is 0 Å². The summed E-state index contributed by atoms with van der Waals surface area (Å²) < 4.78 is 0. The Balaban J connectivity index is 2.60. The fourth-order valence-corrected chi connectivity index (χ4v) is 1.70. The van der Waals surface area contributed by atoms with Gasteiger partial charge in [0.25, 0.3) is 5.91 Å². The van der Waals surface area contributed by atoms with Gasteiger partial charge in [0.05, 0.1) is 12.4 Å². The van der Waals surface area contributed by atoms with Crippen LogP contribution in [0, 0.1) is 0 Å². The van der Waals surface area contributed by atoms with Gasteiger partial charge in [0.2, 0.25) is 0 Å². The summed E-state index contributed by atoms with van der Waals surface area (Å²) in [7, 11) is 1.81. The van der Waals surface area contributed by atoms with Gasteiger partial charge in [-0.05, 0) is 12.8 Å².